The van der Waals surface area contributed by atoms with Crippen molar-refractivity contribution in [1.29, 1.82) is 0 Å². The van der Waals surface area contributed by atoms with Crippen LogP contribution in [0.1, 0.15) is 23.1 Å². The number of rotatable bonds is 3. The Morgan fingerprint density at radius 3 is 2.83 bits per heavy atom. The molecule has 2 aliphatic heterocycles. The van der Waals surface area contributed by atoms with Crippen LogP contribution < -0.4 is 5.32 Å². The average Bonchev–Trinajstić information content (AvgIpc) is 3.30. The number of aryl methyl sites for hydroxylation is 1. The number of fused-ring (bicyclic) bond motifs is 3. The van der Waals surface area contributed by atoms with E-state index < -0.39 is 0 Å². The summed E-state index contributed by atoms with van der Waals surface area (Å²) in [5.41, 5.74) is 5.13. The van der Waals surface area contributed by atoms with Crippen molar-refractivity contribution in [3.63, 3.8) is 0 Å². The van der Waals surface area contributed by atoms with E-state index in [9.17, 15) is 14.0 Å². The van der Waals surface area contributed by atoms with Gasteiger partial charge in [-0.3, -0.25) is 4.79 Å². The topological polar surface area (TPSA) is 52.7 Å². The van der Waals surface area contributed by atoms with Crippen molar-refractivity contribution in [2.75, 3.05) is 18.4 Å². The Kier molecular flexibility index (Phi) is 4.15. The van der Waals surface area contributed by atoms with Crippen LogP contribution in [0, 0.1) is 18.7 Å². The van der Waals surface area contributed by atoms with E-state index in [1.165, 1.54) is 33.7 Å². The van der Waals surface area contributed by atoms with Crippen LogP contribution >= 0.6 is 0 Å². The summed E-state index contributed by atoms with van der Waals surface area (Å²) in [6, 6.07) is 12.4. The molecule has 3 amide bonds. The molecule has 5 rings (SSSR count). The predicted molar refractivity (Wildman–Crippen MR) is 109 cm³/mol. The maximum Gasteiger partial charge on any atom is 0.322 e. The first-order valence-corrected chi connectivity index (χ1v) is 9.91. The van der Waals surface area contributed by atoms with Gasteiger partial charge in [-0.05, 0) is 53.8 Å². The van der Waals surface area contributed by atoms with Gasteiger partial charge in [-0.25, -0.2) is 9.18 Å². The first-order chi connectivity index (χ1) is 14.0. The zero-order valence-corrected chi connectivity index (χ0v) is 16.2. The highest BCUT2D eigenvalue weighted by atomic mass is 19.1. The van der Waals surface area contributed by atoms with Crippen molar-refractivity contribution >= 4 is 23.2 Å². The Morgan fingerprint density at radius 2 is 2.07 bits per heavy atom. The molecule has 6 heteroatoms. The zero-order chi connectivity index (χ0) is 20.1. The van der Waals surface area contributed by atoms with Gasteiger partial charge >= 0.3 is 6.03 Å². The highest BCUT2D eigenvalue weighted by Gasteiger charge is 2.42. The molecule has 2 heterocycles. The smallest absolute Gasteiger partial charge is 0.322 e. The highest BCUT2D eigenvalue weighted by molar-refractivity contribution is 5.95. The van der Waals surface area contributed by atoms with Crippen LogP contribution in [-0.2, 0) is 11.3 Å². The molecule has 1 N–H and O–H groups in total. The van der Waals surface area contributed by atoms with Crippen molar-refractivity contribution in [2.45, 2.75) is 25.9 Å². The Balaban J connectivity index is 1.30. The SMILES string of the molecule is Cc1ccccc1C1=C[C@H]2C[C@@H]1CN2C(=O)CN1Cc2cc(F)ccc2NC1=O. The molecule has 3 aliphatic rings. The molecule has 0 radical (unpaired) electrons. The number of carbonyl (C=O) groups excluding carboxylic acids is 2. The molecule has 0 aromatic heterocycles. The van der Waals surface area contributed by atoms with E-state index in [1.807, 2.05) is 17.0 Å². The number of urea groups is 1. The summed E-state index contributed by atoms with van der Waals surface area (Å²) in [6.45, 7) is 3.03. The largest absolute Gasteiger partial charge is 0.334 e. The Hall–Kier alpha value is -3.15. The lowest BCUT2D eigenvalue weighted by Crippen LogP contribution is -2.47. The molecule has 148 valence electrons. The zero-order valence-electron chi connectivity index (χ0n) is 16.2. The van der Waals surface area contributed by atoms with Crippen LogP contribution in [0.15, 0.2) is 48.5 Å². The Morgan fingerprint density at radius 1 is 1.24 bits per heavy atom. The minimum atomic E-state index is -0.350. The van der Waals surface area contributed by atoms with Crippen molar-refractivity contribution in [3.05, 3.63) is 71.0 Å². The lowest BCUT2D eigenvalue weighted by molar-refractivity contribution is -0.132. The summed E-state index contributed by atoms with van der Waals surface area (Å²) in [7, 11) is 0. The average molecular weight is 391 g/mol. The van der Waals surface area contributed by atoms with E-state index in [4.69, 9.17) is 0 Å². The van der Waals surface area contributed by atoms with Gasteiger partial charge in [0.25, 0.3) is 0 Å². The third-order valence-electron chi connectivity index (χ3n) is 6.22. The molecule has 1 fully saturated rings. The number of likely N-dealkylation sites (tertiary alicyclic amines) is 1. The molecule has 2 bridgehead atoms. The number of halogens is 1. The second kappa shape index (κ2) is 6.72. The third-order valence-corrected chi connectivity index (χ3v) is 6.22. The second-order valence-electron chi connectivity index (χ2n) is 8.07. The van der Waals surface area contributed by atoms with Gasteiger partial charge in [-0.2, -0.15) is 0 Å². The van der Waals surface area contributed by atoms with Crippen molar-refractivity contribution in [3.8, 4) is 0 Å². The fraction of sp³-hybridized carbons (Fsp3) is 0.304. The third kappa shape index (κ3) is 3.09. The number of nitrogens with one attached hydrogen (secondary N) is 1. The Bertz CT molecular complexity index is 1050. The molecule has 0 spiro atoms. The minimum Gasteiger partial charge on any atom is -0.334 e. The molecular weight excluding hydrogens is 369 g/mol. The van der Waals surface area contributed by atoms with Crippen LogP contribution in [-0.4, -0.2) is 40.9 Å². The van der Waals surface area contributed by atoms with Crippen LogP contribution in [0.3, 0.4) is 0 Å². The van der Waals surface area contributed by atoms with E-state index in [-0.39, 0.29) is 36.9 Å². The summed E-state index contributed by atoms with van der Waals surface area (Å²) < 4.78 is 13.5. The lowest BCUT2D eigenvalue weighted by Gasteiger charge is -2.32. The minimum absolute atomic E-state index is 0.00144. The summed E-state index contributed by atoms with van der Waals surface area (Å²) in [6.07, 6.45) is 3.14. The maximum atomic E-state index is 13.5. The van der Waals surface area contributed by atoms with Crippen molar-refractivity contribution < 1.29 is 14.0 Å². The quantitative estimate of drug-likeness (QED) is 0.865. The second-order valence-corrected chi connectivity index (χ2v) is 8.07. The lowest BCUT2D eigenvalue weighted by atomic mass is 9.92. The van der Waals surface area contributed by atoms with Crippen LogP contribution in [0.2, 0.25) is 0 Å². The van der Waals surface area contributed by atoms with Gasteiger partial charge in [-0.1, -0.05) is 30.3 Å². The molecule has 2 atom stereocenters. The van der Waals surface area contributed by atoms with Gasteiger partial charge in [0, 0.05) is 18.2 Å². The van der Waals surface area contributed by atoms with E-state index in [0.717, 1.165) is 6.42 Å². The first kappa shape index (κ1) is 17.9. The van der Waals surface area contributed by atoms with E-state index in [0.29, 0.717) is 23.7 Å². The summed E-state index contributed by atoms with van der Waals surface area (Å²) in [5, 5.41) is 2.74. The molecule has 2 aromatic rings. The monoisotopic (exact) mass is 391 g/mol. The van der Waals surface area contributed by atoms with Crippen molar-refractivity contribution in [2.24, 2.45) is 5.92 Å². The van der Waals surface area contributed by atoms with E-state index >= 15 is 0 Å². The molecule has 1 aliphatic carbocycles. The standard InChI is InChI=1S/C23H22FN3O2/c1-14-4-2-3-5-19(14)20-10-18-9-15(20)12-27(18)22(28)13-26-11-16-8-17(24)6-7-21(16)25-23(26)29/h2-8,10,15,18H,9,11-13H2,1H3,(H,25,29)/t15-,18-/m1/s1. The molecular formula is C23H22FN3O2. The van der Waals surface area contributed by atoms with Crippen LogP contribution in [0.25, 0.3) is 5.57 Å². The number of hydrogen-bond donors (Lipinski definition) is 1. The van der Waals surface area contributed by atoms with Gasteiger partial charge in [0.2, 0.25) is 5.91 Å². The number of carbonyl (C=O) groups is 2. The molecule has 5 nitrogen and oxygen atoms in total. The number of amides is 3. The van der Waals surface area contributed by atoms with Gasteiger partial charge < -0.3 is 15.1 Å². The van der Waals surface area contributed by atoms with Crippen LogP contribution in [0.4, 0.5) is 14.9 Å². The van der Waals surface area contributed by atoms with Gasteiger partial charge in [0.05, 0.1) is 12.6 Å². The predicted octanol–water partition coefficient (Wildman–Crippen LogP) is 3.80. The fourth-order valence-electron chi connectivity index (χ4n) is 4.75. The maximum absolute atomic E-state index is 13.5. The highest BCUT2D eigenvalue weighted by Crippen LogP contribution is 2.43. The number of anilines is 1. The van der Waals surface area contributed by atoms with E-state index in [2.05, 4.69) is 30.4 Å². The number of nitrogens with zero attached hydrogens (tertiary/aromatic N) is 2. The van der Waals surface area contributed by atoms with Gasteiger partial charge in [0.15, 0.2) is 0 Å². The molecule has 29 heavy (non-hydrogen) atoms. The van der Waals surface area contributed by atoms with E-state index in [1.54, 1.807) is 6.07 Å². The molecule has 1 saturated heterocycles. The summed E-state index contributed by atoms with van der Waals surface area (Å²) in [4.78, 5) is 28.6. The first-order valence-electron chi connectivity index (χ1n) is 9.91. The van der Waals surface area contributed by atoms with Gasteiger partial charge in [-0.15, -0.1) is 0 Å². The fourth-order valence-corrected chi connectivity index (χ4v) is 4.75. The van der Waals surface area contributed by atoms with Crippen molar-refractivity contribution in [1.82, 2.24) is 9.80 Å². The summed E-state index contributed by atoms with van der Waals surface area (Å²) in [5.74, 6) is -0.0699. The van der Waals surface area contributed by atoms with Crippen LogP contribution in [0.5, 0.6) is 0 Å². The normalized spacial score (nSPS) is 22.4. The number of hydrogen-bond acceptors (Lipinski definition) is 2. The molecule has 2 aromatic carbocycles. The number of benzene rings is 2. The molecule has 0 saturated carbocycles. The summed E-state index contributed by atoms with van der Waals surface area (Å²) >= 11 is 0. The van der Waals surface area contributed by atoms with Gasteiger partial charge in [0.1, 0.15) is 12.4 Å². The molecule has 0 unspecified atom stereocenters. The Labute approximate surface area is 168 Å².